The number of hydrogen-bond acceptors (Lipinski definition) is 1. The van der Waals surface area contributed by atoms with Crippen LogP contribution in [0.15, 0.2) is 16.6 Å². The number of fused-ring (bicyclic) bond motifs is 1. The van der Waals surface area contributed by atoms with Gasteiger partial charge in [-0.15, -0.1) is 0 Å². The molecule has 0 bridgehead atoms. The molecule has 1 aromatic carbocycles. The van der Waals surface area contributed by atoms with Gasteiger partial charge in [0.1, 0.15) is 0 Å². The summed E-state index contributed by atoms with van der Waals surface area (Å²) >= 11 is 9.28. The van der Waals surface area contributed by atoms with Crippen LogP contribution < -0.4 is 0 Å². The molecule has 1 aromatic rings. The van der Waals surface area contributed by atoms with Gasteiger partial charge in [0.25, 0.3) is 5.91 Å². The van der Waals surface area contributed by atoms with Crippen LogP contribution in [0.3, 0.4) is 0 Å². The number of rotatable bonds is 0. The molecule has 1 aliphatic rings. The molecule has 0 saturated carbocycles. The molecular formula is C10H9BrClNO. The second-order valence-corrected chi connectivity index (χ2v) is 4.66. The highest BCUT2D eigenvalue weighted by molar-refractivity contribution is 9.10. The molecule has 0 saturated heterocycles. The van der Waals surface area contributed by atoms with Gasteiger partial charge in [-0.2, -0.15) is 0 Å². The fraction of sp³-hybridized carbons (Fsp3) is 0.300. The van der Waals surface area contributed by atoms with Crippen molar-refractivity contribution in [3.05, 3.63) is 32.8 Å². The molecule has 2 nitrogen and oxygen atoms in total. The van der Waals surface area contributed by atoms with Crippen molar-refractivity contribution in [3.8, 4) is 0 Å². The average Bonchev–Trinajstić information content (AvgIpc) is 2.15. The van der Waals surface area contributed by atoms with E-state index in [0.717, 1.165) is 28.6 Å². The lowest BCUT2D eigenvalue weighted by molar-refractivity contribution is 0.0781. The number of amides is 1. The molecule has 74 valence electrons. The van der Waals surface area contributed by atoms with Crippen LogP contribution in [0.4, 0.5) is 0 Å². The Morgan fingerprint density at radius 1 is 1.50 bits per heavy atom. The molecule has 0 radical (unpaired) electrons. The minimum atomic E-state index is 0.0728. The highest BCUT2D eigenvalue weighted by atomic mass is 79.9. The van der Waals surface area contributed by atoms with Crippen LogP contribution in [-0.4, -0.2) is 24.4 Å². The monoisotopic (exact) mass is 273 g/mol. The zero-order chi connectivity index (χ0) is 10.3. The number of carbonyl (C=O) groups excluding carboxylic acids is 1. The summed E-state index contributed by atoms with van der Waals surface area (Å²) in [5.41, 5.74) is 1.80. The van der Waals surface area contributed by atoms with Crippen LogP contribution in [0.1, 0.15) is 15.9 Å². The van der Waals surface area contributed by atoms with Crippen molar-refractivity contribution >= 4 is 33.4 Å². The highest BCUT2D eigenvalue weighted by Crippen LogP contribution is 2.29. The van der Waals surface area contributed by atoms with E-state index in [2.05, 4.69) is 15.9 Å². The normalized spacial score (nSPS) is 15.6. The maximum Gasteiger partial charge on any atom is 0.253 e. The molecule has 1 amide bonds. The van der Waals surface area contributed by atoms with Gasteiger partial charge in [-0.1, -0.05) is 11.6 Å². The molecule has 2 rings (SSSR count). The Kier molecular flexibility index (Phi) is 2.54. The predicted molar refractivity (Wildman–Crippen MR) is 59.8 cm³/mol. The third-order valence-corrected chi connectivity index (χ3v) is 3.64. The van der Waals surface area contributed by atoms with Crippen LogP contribution in [0.5, 0.6) is 0 Å². The fourth-order valence-electron chi connectivity index (χ4n) is 1.59. The maximum absolute atomic E-state index is 11.7. The van der Waals surface area contributed by atoms with Gasteiger partial charge in [0, 0.05) is 23.6 Å². The number of hydrogen-bond donors (Lipinski definition) is 0. The molecule has 1 aliphatic heterocycles. The van der Waals surface area contributed by atoms with Gasteiger partial charge in [-0.3, -0.25) is 4.79 Å². The zero-order valence-electron chi connectivity index (χ0n) is 7.68. The minimum absolute atomic E-state index is 0.0728. The van der Waals surface area contributed by atoms with Gasteiger partial charge in [0.15, 0.2) is 0 Å². The number of nitrogens with zero attached hydrogens (tertiary/aromatic N) is 1. The molecule has 0 fully saturated rings. The van der Waals surface area contributed by atoms with Crippen molar-refractivity contribution in [3.63, 3.8) is 0 Å². The molecule has 0 atom stereocenters. The highest BCUT2D eigenvalue weighted by Gasteiger charge is 2.22. The quantitative estimate of drug-likeness (QED) is 0.712. The molecule has 0 N–H and O–H groups in total. The van der Waals surface area contributed by atoms with Crippen LogP contribution in [0, 0.1) is 0 Å². The predicted octanol–water partition coefficient (Wildman–Crippen LogP) is 2.73. The third-order valence-electron chi connectivity index (χ3n) is 2.44. The molecule has 0 spiro atoms. The Morgan fingerprint density at radius 3 is 2.93 bits per heavy atom. The number of halogens is 2. The van der Waals surface area contributed by atoms with Crippen molar-refractivity contribution < 1.29 is 4.79 Å². The molecule has 0 aromatic heterocycles. The second kappa shape index (κ2) is 3.55. The van der Waals surface area contributed by atoms with Crippen molar-refractivity contribution in [2.75, 3.05) is 13.6 Å². The van der Waals surface area contributed by atoms with Crippen molar-refractivity contribution in [1.29, 1.82) is 0 Å². The lowest BCUT2D eigenvalue weighted by Crippen LogP contribution is -2.34. The summed E-state index contributed by atoms with van der Waals surface area (Å²) in [4.78, 5) is 13.5. The Bertz CT molecular complexity index is 405. The van der Waals surface area contributed by atoms with Crippen LogP contribution in [-0.2, 0) is 6.42 Å². The Hall–Kier alpha value is -0.540. The number of carbonyl (C=O) groups is 1. The summed E-state index contributed by atoms with van der Waals surface area (Å²) in [5.74, 6) is 0.0728. The van der Waals surface area contributed by atoms with Crippen LogP contribution in [0.2, 0.25) is 5.02 Å². The molecule has 0 aliphatic carbocycles. The fourth-order valence-corrected chi connectivity index (χ4v) is 2.12. The van der Waals surface area contributed by atoms with Gasteiger partial charge in [0.2, 0.25) is 0 Å². The van der Waals surface area contributed by atoms with Gasteiger partial charge in [0.05, 0.1) is 5.02 Å². The summed E-state index contributed by atoms with van der Waals surface area (Å²) < 4.78 is 0.779. The van der Waals surface area contributed by atoms with E-state index in [9.17, 15) is 4.79 Å². The van der Waals surface area contributed by atoms with E-state index < -0.39 is 0 Å². The van der Waals surface area contributed by atoms with Gasteiger partial charge < -0.3 is 4.90 Å². The van der Waals surface area contributed by atoms with Gasteiger partial charge in [-0.25, -0.2) is 0 Å². The third kappa shape index (κ3) is 1.55. The van der Waals surface area contributed by atoms with E-state index in [1.807, 2.05) is 13.1 Å². The minimum Gasteiger partial charge on any atom is -0.341 e. The molecule has 1 heterocycles. The first-order valence-electron chi connectivity index (χ1n) is 4.33. The summed E-state index contributed by atoms with van der Waals surface area (Å²) in [6.45, 7) is 0.768. The van der Waals surface area contributed by atoms with Crippen molar-refractivity contribution in [2.24, 2.45) is 0 Å². The maximum atomic E-state index is 11.7. The van der Waals surface area contributed by atoms with E-state index in [-0.39, 0.29) is 5.91 Å². The Labute approximate surface area is 96.0 Å². The standard InChI is InChI=1S/C10H9BrClNO/c1-13-3-2-6-4-9(12)8(11)5-7(6)10(13)14/h4-5H,2-3H2,1H3. The first-order valence-corrected chi connectivity index (χ1v) is 5.50. The van der Waals surface area contributed by atoms with E-state index >= 15 is 0 Å². The zero-order valence-corrected chi connectivity index (χ0v) is 10.0. The molecule has 4 heteroatoms. The summed E-state index contributed by atoms with van der Waals surface area (Å²) in [6.07, 6.45) is 0.880. The molecular weight excluding hydrogens is 265 g/mol. The average molecular weight is 275 g/mol. The second-order valence-electron chi connectivity index (χ2n) is 3.40. The van der Waals surface area contributed by atoms with E-state index in [1.165, 1.54) is 0 Å². The molecule has 0 unspecified atom stereocenters. The van der Waals surface area contributed by atoms with Crippen LogP contribution in [0.25, 0.3) is 0 Å². The lowest BCUT2D eigenvalue weighted by atomic mass is 10.00. The summed E-state index contributed by atoms with van der Waals surface area (Å²) in [6, 6.07) is 3.67. The topological polar surface area (TPSA) is 20.3 Å². The smallest absolute Gasteiger partial charge is 0.253 e. The molecule has 14 heavy (non-hydrogen) atoms. The van der Waals surface area contributed by atoms with Gasteiger partial charge in [-0.05, 0) is 40.0 Å². The summed E-state index contributed by atoms with van der Waals surface area (Å²) in [5, 5.41) is 0.668. The first kappa shape index (κ1) is 9.99. The Morgan fingerprint density at radius 2 is 2.21 bits per heavy atom. The lowest BCUT2D eigenvalue weighted by Gasteiger charge is -2.25. The van der Waals surface area contributed by atoms with Crippen molar-refractivity contribution in [1.82, 2.24) is 4.90 Å². The summed E-state index contributed by atoms with van der Waals surface area (Å²) in [7, 11) is 1.81. The van der Waals surface area contributed by atoms with Crippen LogP contribution >= 0.6 is 27.5 Å². The van der Waals surface area contributed by atoms with Crippen molar-refractivity contribution in [2.45, 2.75) is 6.42 Å². The van der Waals surface area contributed by atoms with E-state index in [4.69, 9.17) is 11.6 Å². The number of likely N-dealkylation sites (N-methyl/N-ethyl adjacent to an activating group) is 1. The van der Waals surface area contributed by atoms with E-state index in [0.29, 0.717) is 5.02 Å². The number of benzene rings is 1. The Balaban J connectivity index is 2.56. The largest absolute Gasteiger partial charge is 0.341 e. The SMILES string of the molecule is CN1CCc2cc(Cl)c(Br)cc2C1=O. The van der Waals surface area contributed by atoms with Gasteiger partial charge >= 0.3 is 0 Å². The van der Waals surface area contributed by atoms with E-state index in [1.54, 1.807) is 11.0 Å². The first-order chi connectivity index (χ1) is 6.59.